The molecule has 0 aromatic heterocycles. The first kappa shape index (κ1) is 30.6. The number of nitrogens with zero attached hydrogens (tertiary/aromatic N) is 1. The van der Waals surface area contributed by atoms with Crippen LogP contribution in [0.25, 0.3) is 0 Å². The van der Waals surface area contributed by atoms with E-state index in [1.807, 2.05) is 40.9 Å². The molecule has 0 saturated heterocycles. The van der Waals surface area contributed by atoms with E-state index in [0.29, 0.717) is 23.3 Å². The van der Waals surface area contributed by atoms with Crippen LogP contribution in [-0.2, 0) is 14.3 Å². The molecule has 0 saturated carbocycles. The second kappa shape index (κ2) is 12.5. The molecule has 0 aliphatic heterocycles. The van der Waals surface area contributed by atoms with Crippen LogP contribution in [0.1, 0.15) is 79.0 Å². The van der Waals surface area contributed by atoms with Gasteiger partial charge in [-0.2, -0.15) is 11.8 Å². The van der Waals surface area contributed by atoms with Crippen molar-refractivity contribution < 1.29 is 24.2 Å². The van der Waals surface area contributed by atoms with Crippen LogP contribution in [0.2, 0.25) is 0 Å². The van der Waals surface area contributed by atoms with Crippen molar-refractivity contribution in [2.24, 2.45) is 0 Å². The first-order chi connectivity index (χ1) is 16.0. The summed E-state index contributed by atoms with van der Waals surface area (Å²) in [6.45, 7) is 16.1. The van der Waals surface area contributed by atoms with Crippen LogP contribution < -0.4 is 10.6 Å². The van der Waals surface area contributed by atoms with E-state index in [2.05, 4.69) is 10.6 Å². The Bertz CT molecular complexity index is 890. The molecular formula is C26H43N3O5S. The Morgan fingerprint density at radius 3 is 2.17 bits per heavy atom. The SMILES string of the molecule is CSCCC(NC(=O)OC(C)(C)C)C(=O)N(C(C(=O)NC(C)C)c1cccc(C)c1O)C(C)(C)C. The summed E-state index contributed by atoms with van der Waals surface area (Å²) in [6, 6.07) is 2.93. The Hall–Kier alpha value is -2.42. The highest BCUT2D eigenvalue weighted by Crippen LogP contribution is 2.36. The molecule has 2 unspecified atom stereocenters. The molecule has 0 radical (unpaired) electrons. The standard InChI is InChI=1S/C26H43N3O5S/c1-16(2)27-22(31)20(18-13-11-12-17(3)21(18)30)29(25(4,5)6)23(32)19(14-15-35-10)28-24(33)34-26(7,8)9/h11-13,16,19-20,30H,14-15H2,1-10H3,(H,27,31)(H,28,33). The number of carbonyl (C=O) groups is 3. The maximum atomic E-state index is 14.1. The molecule has 0 spiro atoms. The number of carbonyl (C=O) groups excluding carboxylic acids is 3. The first-order valence-corrected chi connectivity index (χ1v) is 13.3. The van der Waals surface area contributed by atoms with Crippen molar-refractivity contribution in [3.05, 3.63) is 29.3 Å². The minimum atomic E-state index is -1.11. The highest BCUT2D eigenvalue weighted by atomic mass is 32.2. The normalized spacial score (nSPS) is 13.7. The number of phenolic OH excluding ortho intramolecular Hbond substituents is 1. The van der Waals surface area contributed by atoms with Gasteiger partial charge in [-0.15, -0.1) is 0 Å². The second-order valence-electron chi connectivity index (χ2n) is 10.9. The summed E-state index contributed by atoms with van der Waals surface area (Å²) in [7, 11) is 0. The van der Waals surface area contributed by atoms with Gasteiger partial charge in [-0.25, -0.2) is 4.79 Å². The molecule has 0 bridgehead atoms. The number of amides is 3. The fraction of sp³-hybridized carbons (Fsp3) is 0.654. The third kappa shape index (κ3) is 9.28. The highest BCUT2D eigenvalue weighted by molar-refractivity contribution is 7.98. The molecule has 35 heavy (non-hydrogen) atoms. The number of aryl methyl sites for hydroxylation is 1. The van der Waals surface area contributed by atoms with Crippen LogP contribution in [0.4, 0.5) is 4.79 Å². The van der Waals surface area contributed by atoms with Crippen molar-refractivity contribution in [1.82, 2.24) is 15.5 Å². The van der Waals surface area contributed by atoms with Crippen molar-refractivity contribution >= 4 is 29.7 Å². The molecule has 0 aliphatic rings. The lowest BCUT2D eigenvalue weighted by atomic mass is 9.93. The largest absolute Gasteiger partial charge is 0.507 e. The Morgan fingerprint density at radius 1 is 1.09 bits per heavy atom. The fourth-order valence-electron chi connectivity index (χ4n) is 3.62. The van der Waals surface area contributed by atoms with Crippen LogP contribution in [0.5, 0.6) is 5.75 Å². The number of hydrogen-bond acceptors (Lipinski definition) is 6. The van der Waals surface area contributed by atoms with Crippen molar-refractivity contribution in [1.29, 1.82) is 0 Å². The summed E-state index contributed by atoms with van der Waals surface area (Å²) in [5.41, 5.74) is -0.628. The van der Waals surface area contributed by atoms with Crippen LogP contribution in [0, 0.1) is 6.92 Å². The van der Waals surface area contributed by atoms with E-state index in [1.54, 1.807) is 57.7 Å². The number of rotatable bonds is 9. The summed E-state index contributed by atoms with van der Waals surface area (Å²) < 4.78 is 5.40. The van der Waals surface area contributed by atoms with E-state index >= 15 is 0 Å². The summed E-state index contributed by atoms with van der Waals surface area (Å²) in [4.78, 5) is 41.7. The van der Waals surface area contributed by atoms with E-state index in [1.165, 1.54) is 4.90 Å². The number of phenols is 1. The second-order valence-corrected chi connectivity index (χ2v) is 11.9. The van der Waals surface area contributed by atoms with Gasteiger partial charge < -0.3 is 25.4 Å². The Morgan fingerprint density at radius 2 is 1.69 bits per heavy atom. The molecule has 3 N–H and O–H groups in total. The average Bonchev–Trinajstić information content (AvgIpc) is 2.68. The van der Waals surface area contributed by atoms with Crippen molar-refractivity contribution in [3.8, 4) is 5.75 Å². The van der Waals surface area contributed by atoms with E-state index in [9.17, 15) is 19.5 Å². The summed E-state index contributed by atoms with van der Waals surface area (Å²) >= 11 is 1.55. The first-order valence-electron chi connectivity index (χ1n) is 11.9. The van der Waals surface area contributed by atoms with Gasteiger partial charge in [0.2, 0.25) is 11.8 Å². The van der Waals surface area contributed by atoms with Crippen LogP contribution in [0.3, 0.4) is 0 Å². The molecule has 8 nitrogen and oxygen atoms in total. The van der Waals surface area contributed by atoms with Crippen LogP contribution >= 0.6 is 11.8 Å². The maximum Gasteiger partial charge on any atom is 0.408 e. The van der Waals surface area contributed by atoms with Gasteiger partial charge in [-0.05, 0) is 86.3 Å². The van der Waals surface area contributed by atoms with Crippen molar-refractivity contribution in [2.75, 3.05) is 12.0 Å². The number of thioether (sulfide) groups is 1. The number of para-hydroxylation sites is 1. The number of ether oxygens (including phenoxy) is 1. The van der Waals surface area contributed by atoms with Gasteiger partial charge in [0.25, 0.3) is 0 Å². The lowest BCUT2D eigenvalue weighted by molar-refractivity contribution is -0.148. The smallest absolute Gasteiger partial charge is 0.408 e. The lowest BCUT2D eigenvalue weighted by Gasteiger charge is -2.43. The van der Waals surface area contributed by atoms with Crippen molar-refractivity contribution in [3.63, 3.8) is 0 Å². The predicted octanol–water partition coefficient (Wildman–Crippen LogP) is 4.54. The minimum absolute atomic E-state index is 0.0424. The van der Waals surface area contributed by atoms with Crippen molar-refractivity contribution in [2.45, 2.75) is 98.0 Å². The third-order valence-electron chi connectivity index (χ3n) is 5.06. The molecule has 0 fully saturated rings. The zero-order chi connectivity index (χ0) is 27.1. The molecule has 1 aromatic rings. The molecule has 1 rings (SSSR count). The zero-order valence-corrected chi connectivity index (χ0v) is 23.6. The fourth-order valence-corrected chi connectivity index (χ4v) is 4.09. The third-order valence-corrected chi connectivity index (χ3v) is 5.70. The monoisotopic (exact) mass is 509 g/mol. The van der Waals surface area contributed by atoms with Gasteiger partial charge in [0.1, 0.15) is 23.4 Å². The van der Waals surface area contributed by atoms with E-state index in [0.717, 1.165) is 0 Å². The molecule has 198 valence electrons. The number of aromatic hydroxyl groups is 1. The highest BCUT2D eigenvalue weighted by Gasteiger charge is 2.42. The topological polar surface area (TPSA) is 108 Å². The maximum absolute atomic E-state index is 14.1. The summed E-state index contributed by atoms with van der Waals surface area (Å²) in [6.07, 6.45) is 1.57. The average molecular weight is 510 g/mol. The van der Waals surface area contributed by atoms with E-state index < -0.39 is 41.1 Å². The quantitative estimate of drug-likeness (QED) is 0.451. The number of alkyl carbamates (subject to hydrolysis) is 1. The van der Waals surface area contributed by atoms with E-state index in [4.69, 9.17) is 4.74 Å². The number of hydrogen-bond donors (Lipinski definition) is 3. The summed E-state index contributed by atoms with van der Waals surface area (Å²) in [5.74, 6) is -0.269. The molecule has 3 amide bonds. The zero-order valence-electron chi connectivity index (χ0n) is 22.8. The molecular weight excluding hydrogens is 466 g/mol. The van der Waals surface area contributed by atoms with Crippen LogP contribution in [-0.4, -0.2) is 63.1 Å². The van der Waals surface area contributed by atoms with E-state index in [-0.39, 0.29) is 11.8 Å². The van der Waals surface area contributed by atoms with Gasteiger partial charge in [-0.3, -0.25) is 9.59 Å². The molecule has 9 heteroatoms. The van der Waals surface area contributed by atoms with Gasteiger partial charge >= 0.3 is 6.09 Å². The molecule has 1 aromatic carbocycles. The molecule has 2 atom stereocenters. The Balaban J connectivity index is 3.61. The molecule has 0 heterocycles. The van der Waals surface area contributed by atoms with Gasteiger partial charge in [0.05, 0.1) is 0 Å². The molecule has 0 aliphatic carbocycles. The van der Waals surface area contributed by atoms with Gasteiger partial charge in [-0.1, -0.05) is 18.2 Å². The van der Waals surface area contributed by atoms with Gasteiger partial charge in [0.15, 0.2) is 0 Å². The number of nitrogens with one attached hydrogen (secondary N) is 2. The lowest BCUT2D eigenvalue weighted by Crippen LogP contribution is -2.59. The Labute approximate surface area is 214 Å². The van der Waals surface area contributed by atoms with Crippen LogP contribution in [0.15, 0.2) is 18.2 Å². The Kier molecular flexibility index (Phi) is 10.9. The summed E-state index contributed by atoms with van der Waals surface area (Å²) in [5, 5.41) is 16.5. The number of benzene rings is 1. The minimum Gasteiger partial charge on any atom is -0.507 e. The van der Waals surface area contributed by atoms with Gasteiger partial charge in [0, 0.05) is 17.1 Å². The predicted molar refractivity (Wildman–Crippen MR) is 142 cm³/mol.